The lowest BCUT2D eigenvalue weighted by atomic mass is 9.98. The second-order valence-corrected chi connectivity index (χ2v) is 8.47. The van der Waals surface area contributed by atoms with Crippen molar-refractivity contribution >= 4 is 5.91 Å². The summed E-state index contributed by atoms with van der Waals surface area (Å²) in [6.07, 6.45) is 4.55. The second kappa shape index (κ2) is 8.00. The molecule has 1 aromatic carbocycles. The number of hydrogen-bond acceptors (Lipinski definition) is 4. The molecule has 0 radical (unpaired) electrons. The molecule has 2 atom stereocenters. The van der Waals surface area contributed by atoms with Crippen molar-refractivity contribution in [3.05, 3.63) is 53.5 Å². The van der Waals surface area contributed by atoms with Gasteiger partial charge in [-0.05, 0) is 68.5 Å². The van der Waals surface area contributed by atoms with Crippen molar-refractivity contribution in [2.24, 2.45) is 0 Å². The minimum atomic E-state index is -0.124. The number of nitrogens with zero attached hydrogens (tertiary/aromatic N) is 1. The lowest BCUT2D eigenvalue weighted by Crippen LogP contribution is -2.48. The molecule has 4 rings (SSSR count). The number of nitrogens with one attached hydrogen (secondary N) is 1. The van der Waals surface area contributed by atoms with Gasteiger partial charge in [0, 0.05) is 18.1 Å². The molecular weight excluding hydrogens is 352 g/mol. The molecule has 5 heteroatoms. The number of carbonyl (C=O) groups is 1. The molecule has 0 spiro atoms. The molecule has 2 aromatic rings. The fourth-order valence-corrected chi connectivity index (χ4v) is 4.47. The first-order valence-corrected chi connectivity index (χ1v) is 10.3. The van der Waals surface area contributed by atoms with Crippen LogP contribution in [0, 0.1) is 0 Å². The van der Waals surface area contributed by atoms with E-state index in [0.717, 1.165) is 18.6 Å². The molecule has 2 unspecified atom stereocenters. The smallest absolute Gasteiger partial charge is 0.287 e. The number of carbonyl (C=O) groups excluding carboxylic acids is 1. The highest BCUT2D eigenvalue weighted by molar-refractivity contribution is 5.91. The molecule has 3 heterocycles. The largest absolute Gasteiger partial charge is 0.486 e. The SMILES string of the molecule is CC(C)c1ccc(OCc2ccc(C(=O)NC3CC4CCC(C3)N4C)o2)cc1. The number of benzene rings is 1. The topological polar surface area (TPSA) is 54.7 Å². The van der Waals surface area contributed by atoms with Gasteiger partial charge in [0.25, 0.3) is 5.91 Å². The number of amides is 1. The molecular formula is C23H30N2O3. The summed E-state index contributed by atoms with van der Waals surface area (Å²) >= 11 is 0. The van der Waals surface area contributed by atoms with Gasteiger partial charge in [0.2, 0.25) is 0 Å². The van der Waals surface area contributed by atoms with E-state index < -0.39 is 0 Å². The van der Waals surface area contributed by atoms with Gasteiger partial charge in [-0.2, -0.15) is 0 Å². The average molecular weight is 383 g/mol. The van der Waals surface area contributed by atoms with Crippen LogP contribution in [0.4, 0.5) is 0 Å². The van der Waals surface area contributed by atoms with Crippen molar-refractivity contribution in [1.82, 2.24) is 10.2 Å². The molecule has 1 amide bonds. The van der Waals surface area contributed by atoms with Crippen LogP contribution >= 0.6 is 0 Å². The van der Waals surface area contributed by atoms with E-state index in [9.17, 15) is 4.79 Å². The third-order valence-corrected chi connectivity index (χ3v) is 6.25. The minimum absolute atomic E-state index is 0.124. The Balaban J connectivity index is 1.29. The van der Waals surface area contributed by atoms with Crippen molar-refractivity contribution in [2.45, 2.75) is 70.2 Å². The van der Waals surface area contributed by atoms with Gasteiger partial charge in [-0.3, -0.25) is 4.79 Å². The van der Waals surface area contributed by atoms with E-state index in [0.29, 0.717) is 36.1 Å². The van der Waals surface area contributed by atoms with E-state index in [1.165, 1.54) is 18.4 Å². The molecule has 2 bridgehead atoms. The minimum Gasteiger partial charge on any atom is -0.486 e. The molecule has 150 valence electrons. The molecule has 0 saturated carbocycles. The molecule has 2 saturated heterocycles. The Morgan fingerprint density at radius 3 is 2.46 bits per heavy atom. The molecule has 2 aliphatic heterocycles. The number of hydrogen-bond donors (Lipinski definition) is 1. The first-order chi connectivity index (χ1) is 13.5. The van der Waals surface area contributed by atoms with E-state index >= 15 is 0 Å². The van der Waals surface area contributed by atoms with E-state index in [1.807, 2.05) is 18.2 Å². The highest BCUT2D eigenvalue weighted by atomic mass is 16.5. The molecule has 2 aliphatic rings. The summed E-state index contributed by atoms with van der Waals surface area (Å²) in [5.74, 6) is 2.19. The quantitative estimate of drug-likeness (QED) is 0.808. The zero-order valence-electron chi connectivity index (χ0n) is 17.0. The Bertz CT molecular complexity index is 798. The standard InChI is InChI=1S/C23H30N2O3/c1-15(2)16-4-8-20(9-5-16)27-14-21-10-11-22(28-21)23(26)24-17-12-18-6-7-19(13-17)25(18)3/h4-5,8-11,15,17-19H,6-7,12-14H2,1-3H3,(H,24,26). The zero-order chi connectivity index (χ0) is 19.7. The van der Waals surface area contributed by atoms with Crippen LogP contribution < -0.4 is 10.1 Å². The van der Waals surface area contributed by atoms with Crippen LogP contribution in [0.5, 0.6) is 5.75 Å². The summed E-state index contributed by atoms with van der Waals surface area (Å²) in [4.78, 5) is 15.0. The van der Waals surface area contributed by atoms with Gasteiger partial charge in [0.15, 0.2) is 5.76 Å². The Morgan fingerprint density at radius 1 is 1.14 bits per heavy atom. The van der Waals surface area contributed by atoms with Gasteiger partial charge >= 0.3 is 0 Å². The lowest BCUT2D eigenvalue weighted by molar-refractivity contribution is 0.0851. The lowest BCUT2D eigenvalue weighted by Gasteiger charge is -2.36. The van der Waals surface area contributed by atoms with E-state index in [1.54, 1.807) is 6.07 Å². The van der Waals surface area contributed by atoms with Gasteiger partial charge in [0.05, 0.1) is 0 Å². The number of piperidine rings is 1. The highest BCUT2D eigenvalue weighted by Gasteiger charge is 2.39. The van der Waals surface area contributed by atoms with Crippen LogP contribution in [-0.4, -0.2) is 36.0 Å². The normalized spacial score (nSPS) is 24.5. The summed E-state index contributed by atoms with van der Waals surface area (Å²) in [6, 6.07) is 13.1. The molecule has 2 fully saturated rings. The zero-order valence-corrected chi connectivity index (χ0v) is 17.0. The number of furan rings is 1. The van der Waals surface area contributed by atoms with Crippen LogP contribution in [0.25, 0.3) is 0 Å². The maximum atomic E-state index is 12.6. The van der Waals surface area contributed by atoms with Gasteiger partial charge in [0.1, 0.15) is 18.1 Å². The van der Waals surface area contributed by atoms with Crippen molar-refractivity contribution in [1.29, 1.82) is 0 Å². The number of fused-ring (bicyclic) bond motifs is 2. The molecule has 0 aliphatic carbocycles. The maximum absolute atomic E-state index is 12.6. The van der Waals surface area contributed by atoms with Gasteiger partial charge in [-0.15, -0.1) is 0 Å². The summed E-state index contributed by atoms with van der Waals surface area (Å²) in [5, 5.41) is 3.16. The fourth-order valence-electron chi connectivity index (χ4n) is 4.47. The Hall–Kier alpha value is -2.27. The summed E-state index contributed by atoms with van der Waals surface area (Å²) in [7, 11) is 2.20. The third kappa shape index (κ3) is 4.09. The Labute approximate surface area is 167 Å². The van der Waals surface area contributed by atoms with E-state index in [2.05, 4.69) is 43.2 Å². The Morgan fingerprint density at radius 2 is 1.82 bits per heavy atom. The maximum Gasteiger partial charge on any atom is 0.287 e. The third-order valence-electron chi connectivity index (χ3n) is 6.25. The number of ether oxygens (including phenoxy) is 1. The molecule has 5 nitrogen and oxygen atoms in total. The van der Waals surface area contributed by atoms with Crippen molar-refractivity contribution in [3.8, 4) is 5.75 Å². The second-order valence-electron chi connectivity index (χ2n) is 8.47. The van der Waals surface area contributed by atoms with Gasteiger partial charge in [-0.25, -0.2) is 0 Å². The molecule has 28 heavy (non-hydrogen) atoms. The van der Waals surface area contributed by atoms with Crippen LogP contribution in [0.2, 0.25) is 0 Å². The van der Waals surface area contributed by atoms with Crippen molar-refractivity contribution < 1.29 is 13.9 Å². The summed E-state index contributed by atoms with van der Waals surface area (Å²) < 4.78 is 11.5. The van der Waals surface area contributed by atoms with Crippen molar-refractivity contribution in [2.75, 3.05) is 7.05 Å². The Kier molecular flexibility index (Phi) is 5.44. The van der Waals surface area contributed by atoms with Crippen LogP contribution in [0.3, 0.4) is 0 Å². The van der Waals surface area contributed by atoms with Crippen molar-refractivity contribution in [3.63, 3.8) is 0 Å². The van der Waals surface area contributed by atoms with E-state index in [4.69, 9.17) is 9.15 Å². The van der Waals surface area contributed by atoms with Crippen LogP contribution in [0.15, 0.2) is 40.8 Å². The first-order valence-electron chi connectivity index (χ1n) is 10.3. The monoisotopic (exact) mass is 382 g/mol. The summed E-state index contributed by atoms with van der Waals surface area (Å²) in [5.41, 5.74) is 1.28. The van der Waals surface area contributed by atoms with Crippen LogP contribution in [0.1, 0.15) is 67.3 Å². The highest BCUT2D eigenvalue weighted by Crippen LogP contribution is 2.34. The van der Waals surface area contributed by atoms with Gasteiger partial charge < -0.3 is 19.4 Å². The fraction of sp³-hybridized carbons (Fsp3) is 0.522. The van der Waals surface area contributed by atoms with Gasteiger partial charge in [-0.1, -0.05) is 26.0 Å². The number of rotatable bonds is 6. The molecule has 1 N–H and O–H groups in total. The molecule has 1 aromatic heterocycles. The average Bonchev–Trinajstić information content (AvgIpc) is 3.22. The van der Waals surface area contributed by atoms with Crippen LogP contribution in [-0.2, 0) is 6.61 Å². The first kappa shape index (κ1) is 19.1. The summed E-state index contributed by atoms with van der Waals surface area (Å²) in [6.45, 7) is 4.65. The predicted octanol–water partition coefficient (Wildman–Crippen LogP) is 4.34. The van der Waals surface area contributed by atoms with E-state index in [-0.39, 0.29) is 11.9 Å². The predicted molar refractivity (Wildman–Crippen MR) is 109 cm³/mol.